The quantitative estimate of drug-likeness (QED) is 0.301. The maximum Gasteiger partial charge on any atom is 0.294 e. The standard InChI is InChI=1S/C20H19N3O7S/c1-14-19(20(21-30-14)16-6-3-2-4-7-16)15-9-11-17(12-10-15)31(27,28)22-18(24)8-5-13-29-23(25)26/h2-4,6-7,9-12H,5,8,13H2,1H3,(H,22,24). The lowest BCUT2D eigenvalue weighted by Gasteiger charge is -2.08. The predicted octanol–water partition coefficient (Wildman–Crippen LogP) is 3.11. The maximum atomic E-state index is 12.4. The zero-order valence-corrected chi connectivity index (χ0v) is 17.3. The van der Waals surface area contributed by atoms with Crippen LogP contribution >= 0.6 is 0 Å². The lowest BCUT2D eigenvalue weighted by Crippen LogP contribution is -2.30. The van der Waals surface area contributed by atoms with Crippen molar-refractivity contribution in [2.24, 2.45) is 0 Å². The predicted molar refractivity (Wildman–Crippen MR) is 110 cm³/mol. The zero-order chi connectivity index (χ0) is 22.4. The first-order valence-electron chi connectivity index (χ1n) is 9.23. The van der Waals surface area contributed by atoms with E-state index in [2.05, 4.69) is 9.99 Å². The van der Waals surface area contributed by atoms with Crippen molar-refractivity contribution in [2.75, 3.05) is 6.61 Å². The summed E-state index contributed by atoms with van der Waals surface area (Å²) in [5.74, 6) is -0.197. The highest BCUT2D eigenvalue weighted by Gasteiger charge is 2.20. The van der Waals surface area contributed by atoms with Gasteiger partial charge in [0.2, 0.25) is 5.91 Å². The van der Waals surface area contributed by atoms with Crippen LogP contribution in [0.15, 0.2) is 64.0 Å². The second-order valence-electron chi connectivity index (χ2n) is 6.54. The van der Waals surface area contributed by atoms with Gasteiger partial charge < -0.3 is 9.36 Å². The Labute approximate surface area is 178 Å². The highest BCUT2D eigenvalue weighted by molar-refractivity contribution is 7.90. The molecule has 0 aliphatic heterocycles. The number of aryl methyl sites for hydroxylation is 1. The van der Waals surface area contributed by atoms with Gasteiger partial charge in [-0.15, -0.1) is 10.1 Å². The van der Waals surface area contributed by atoms with Crippen LogP contribution in [0.1, 0.15) is 18.6 Å². The fourth-order valence-electron chi connectivity index (χ4n) is 2.94. The number of carbonyl (C=O) groups is 1. The lowest BCUT2D eigenvalue weighted by atomic mass is 10.00. The van der Waals surface area contributed by atoms with Crippen LogP contribution in [0.5, 0.6) is 0 Å². The van der Waals surface area contributed by atoms with Crippen LogP contribution in [-0.2, 0) is 19.7 Å². The minimum atomic E-state index is -4.08. The molecular formula is C20H19N3O7S. The first-order valence-corrected chi connectivity index (χ1v) is 10.7. The van der Waals surface area contributed by atoms with Gasteiger partial charge in [-0.05, 0) is 31.0 Å². The van der Waals surface area contributed by atoms with Crippen LogP contribution in [0.25, 0.3) is 22.4 Å². The number of hydrogen-bond acceptors (Lipinski definition) is 8. The third-order valence-electron chi connectivity index (χ3n) is 4.36. The summed E-state index contributed by atoms with van der Waals surface area (Å²) < 4.78 is 32.1. The van der Waals surface area contributed by atoms with Crippen molar-refractivity contribution in [1.82, 2.24) is 9.88 Å². The van der Waals surface area contributed by atoms with Crippen LogP contribution in [0, 0.1) is 17.0 Å². The molecular weight excluding hydrogens is 426 g/mol. The molecule has 10 nitrogen and oxygen atoms in total. The van der Waals surface area contributed by atoms with Crippen molar-refractivity contribution in [3.05, 3.63) is 70.5 Å². The molecule has 0 spiro atoms. The molecule has 3 aromatic rings. The molecule has 1 amide bonds. The van der Waals surface area contributed by atoms with Gasteiger partial charge in [-0.3, -0.25) is 4.79 Å². The normalized spacial score (nSPS) is 11.1. The van der Waals surface area contributed by atoms with Gasteiger partial charge in [-0.2, -0.15) is 0 Å². The molecule has 1 heterocycles. The van der Waals surface area contributed by atoms with Crippen molar-refractivity contribution >= 4 is 15.9 Å². The van der Waals surface area contributed by atoms with Gasteiger partial charge in [0.1, 0.15) is 11.5 Å². The molecule has 0 aliphatic carbocycles. The molecule has 0 fully saturated rings. The van der Waals surface area contributed by atoms with Crippen molar-refractivity contribution in [3.8, 4) is 22.4 Å². The highest BCUT2D eigenvalue weighted by atomic mass is 32.2. The van der Waals surface area contributed by atoms with E-state index in [1.165, 1.54) is 12.1 Å². The molecule has 0 atom stereocenters. The Morgan fingerprint density at radius 3 is 2.45 bits per heavy atom. The average molecular weight is 445 g/mol. The smallest absolute Gasteiger partial charge is 0.294 e. The number of sulfonamides is 1. The summed E-state index contributed by atoms with van der Waals surface area (Å²) in [4.78, 5) is 25.9. The first kappa shape index (κ1) is 22.0. The summed E-state index contributed by atoms with van der Waals surface area (Å²) in [7, 11) is -4.08. The van der Waals surface area contributed by atoms with Crippen molar-refractivity contribution in [1.29, 1.82) is 0 Å². The topological polar surface area (TPSA) is 142 Å². The summed E-state index contributed by atoms with van der Waals surface area (Å²) in [5.41, 5.74) is 2.95. The molecule has 0 bridgehead atoms. The van der Waals surface area contributed by atoms with E-state index in [1.807, 2.05) is 35.1 Å². The molecule has 2 aromatic carbocycles. The Morgan fingerprint density at radius 2 is 1.81 bits per heavy atom. The van der Waals surface area contributed by atoms with E-state index >= 15 is 0 Å². The molecule has 11 heteroatoms. The summed E-state index contributed by atoms with van der Waals surface area (Å²) in [5, 5.41) is 13.2. The van der Waals surface area contributed by atoms with E-state index in [0.29, 0.717) is 17.0 Å². The molecule has 0 saturated heterocycles. The molecule has 0 saturated carbocycles. The van der Waals surface area contributed by atoms with Crippen molar-refractivity contribution in [3.63, 3.8) is 0 Å². The molecule has 31 heavy (non-hydrogen) atoms. The van der Waals surface area contributed by atoms with E-state index in [1.54, 1.807) is 19.1 Å². The van der Waals surface area contributed by atoms with Crippen LogP contribution in [0.4, 0.5) is 0 Å². The fraction of sp³-hybridized carbons (Fsp3) is 0.200. The number of benzene rings is 2. The van der Waals surface area contributed by atoms with Gasteiger partial charge in [0, 0.05) is 12.0 Å². The van der Waals surface area contributed by atoms with Crippen LogP contribution in [-0.4, -0.2) is 31.2 Å². The largest absolute Gasteiger partial charge is 0.360 e. The molecule has 0 aliphatic rings. The van der Waals surface area contributed by atoms with Crippen LogP contribution in [0.3, 0.4) is 0 Å². The number of amides is 1. The third kappa shape index (κ3) is 5.45. The number of nitrogens with one attached hydrogen (secondary N) is 1. The number of nitrogens with zero attached hydrogens (tertiary/aromatic N) is 2. The molecule has 162 valence electrons. The number of carbonyl (C=O) groups excluding carboxylic acids is 1. The Balaban J connectivity index is 1.74. The molecule has 1 N–H and O–H groups in total. The van der Waals surface area contributed by atoms with Gasteiger partial charge in [-0.1, -0.05) is 47.6 Å². The number of hydrogen-bond donors (Lipinski definition) is 1. The van der Waals surface area contributed by atoms with Gasteiger partial charge in [0.15, 0.2) is 0 Å². The van der Waals surface area contributed by atoms with E-state index in [-0.39, 0.29) is 24.3 Å². The fourth-order valence-corrected chi connectivity index (χ4v) is 3.95. The number of aromatic nitrogens is 1. The molecule has 1 aromatic heterocycles. The molecule has 0 unspecified atom stereocenters. The van der Waals surface area contributed by atoms with Crippen molar-refractivity contribution in [2.45, 2.75) is 24.7 Å². The summed E-state index contributed by atoms with van der Waals surface area (Å²) >= 11 is 0. The minimum Gasteiger partial charge on any atom is -0.360 e. The van der Waals surface area contributed by atoms with E-state index in [0.717, 1.165) is 11.1 Å². The van der Waals surface area contributed by atoms with Gasteiger partial charge in [-0.25, -0.2) is 13.1 Å². The Morgan fingerprint density at radius 1 is 1.13 bits per heavy atom. The lowest BCUT2D eigenvalue weighted by molar-refractivity contribution is -0.757. The van der Waals surface area contributed by atoms with E-state index < -0.39 is 21.0 Å². The van der Waals surface area contributed by atoms with Crippen molar-refractivity contribution < 1.29 is 27.7 Å². The summed E-state index contributed by atoms with van der Waals surface area (Å²) in [6.45, 7) is 1.47. The minimum absolute atomic E-state index is 0.0102. The van der Waals surface area contributed by atoms with Gasteiger partial charge >= 0.3 is 0 Å². The van der Waals surface area contributed by atoms with Gasteiger partial charge in [0.25, 0.3) is 15.1 Å². The molecule has 3 rings (SSSR count). The molecule has 0 radical (unpaired) electrons. The Kier molecular flexibility index (Phi) is 6.65. The zero-order valence-electron chi connectivity index (χ0n) is 16.5. The van der Waals surface area contributed by atoms with E-state index in [4.69, 9.17) is 4.52 Å². The summed E-state index contributed by atoms with van der Waals surface area (Å²) in [6.07, 6.45) is -0.220. The van der Waals surface area contributed by atoms with Crippen LogP contribution < -0.4 is 4.72 Å². The number of rotatable bonds is 9. The second-order valence-corrected chi connectivity index (χ2v) is 8.22. The second kappa shape index (κ2) is 9.39. The highest BCUT2D eigenvalue weighted by Crippen LogP contribution is 2.34. The van der Waals surface area contributed by atoms with Gasteiger partial charge in [0.05, 0.1) is 17.1 Å². The SMILES string of the molecule is Cc1onc(-c2ccccc2)c1-c1ccc(S(=O)(=O)NC(=O)CCCO[N+](=O)[O-])cc1. The summed E-state index contributed by atoms with van der Waals surface area (Å²) in [6, 6.07) is 15.4. The average Bonchev–Trinajstić information content (AvgIpc) is 3.13. The van der Waals surface area contributed by atoms with E-state index in [9.17, 15) is 23.3 Å². The maximum absolute atomic E-state index is 12.4. The Bertz CT molecular complexity index is 1170. The third-order valence-corrected chi connectivity index (χ3v) is 5.75. The first-order chi connectivity index (χ1) is 14.8. The monoisotopic (exact) mass is 445 g/mol. The van der Waals surface area contributed by atoms with Crippen LogP contribution in [0.2, 0.25) is 0 Å². The Hall–Kier alpha value is -3.73.